The van der Waals surface area contributed by atoms with Gasteiger partial charge in [0.2, 0.25) is 0 Å². The van der Waals surface area contributed by atoms with Crippen LogP contribution >= 0.6 is 23.8 Å². The summed E-state index contributed by atoms with van der Waals surface area (Å²) in [5.41, 5.74) is 3.20. The molecule has 5 rings (SSSR count). The van der Waals surface area contributed by atoms with E-state index < -0.39 is 0 Å². The predicted molar refractivity (Wildman–Crippen MR) is 133 cm³/mol. The van der Waals surface area contributed by atoms with Gasteiger partial charge in [0.05, 0.1) is 30.2 Å². The summed E-state index contributed by atoms with van der Waals surface area (Å²) in [6.07, 6.45) is 3.75. The zero-order valence-corrected chi connectivity index (χ0v) is 19.3. The van der Waals surface area contributed by atoms with E-state index in [0.717, 1.165) is 22.8 Å². The van der Waals surface area contributed by atoms with Crippen molar-refractivity contribution in [3.8, 4) is 17.2 Å². The lowest BCUT2D eigenvalue weighted by Crippen LogP contribution is -2.30. The zero-order chi connectivity index (χ0) is 22.9. The molecule has 3 heterocycles. The molecule has 0 spiro atoms. The summed E-state index contributed by atoms with van der Waals surface area (Å²) >= 11 is 12.1. The topological polar surface area (TPSA) is 62.5 Å². The number of thiocarbonyl (C=S) groups is 1. The molecule has 0 bridgehead atoms. The van der Waals surface area contributed by atoms with Crippen LogP contribution in [0.5, 0.6) is 11.5 Å². The maximum atomic E-state index is 10.7. The molecule has 2 unspecified atom stereocenters. The molecule has 2 aromatic heterocycles. The van der Waals surface area contributed by atoms with E-state index in [9.17, 15) is 5.11 Å². The molecule has 0 amide bonds. The first-order chi connectivity index (χ1) is 16.1. The average Bonchev–Trinajstić information content (AvgIpc) is 3.45. The monoisotopic (exact) mass is 476 g/mol. The smallest absolute Gasteiger partial charge is 0.174 e. The van der Waals surface area contributed by atoms with Crippen LogP contribution in [-0.2, 0) is 0 Å². The van der Waals surface area contributed by atoms with Crippen LogP contribution in [0.2, 0.25) is 5.02 Å². The molecule has 0 saturated carbocycles. The Morgan fingerprint density at radius 1 is 1.03 bits per heavy atom. The van der Waals surface area contributed by atoms with Crippen molar-refractivity contribution < 1.29 is 9.84 Å². The molecule has 1 aliphatic heterocycles. The third-order valence-electron chi connectivity index (χ3n) is 5.72. The van der Waals surface area contributed by atoms with Crippen LogP contribution in [0.4, 0.5) is 5.69 Å². The zero-order valence-electron chi connectivity index (χ0n) is 17.7. The Kier molecular flexibility index (Phi) is 5.66. The van der Waals surface area contributed by atoms with Gasteiger partial charge in [-0.2, -0.15) is 0 Å². The number of anilines is 1. The van der Waals surface area contributed by atoms with Crippen LogP contribution in [0.25, 0.3) is 5.69 Å². The SMILES string of the molecule is COc1ccccc1-n1cccc1C1C(c2ccccn2)NC(=S)N1c1cc(Cl)ccc1O. The number of hydrogen-bond acceptors (Lipinski definition) is 4. The number of nitrogens with one attached hydrogen (secondary N) is 1. The lowest BCUT2D eigenvalue weighted by Gasteiger charge is -2.29. The highest BCUT2D eigenvalue weighted by Crippen LogP contribution is 2.45. The second kappa shape index (κ2) is 8.77. The number of nitrogens with zero attached hydrogens (tertiary/aromatic N) is 3. The molecule has 6 nitrogen and oxygen atoms in total. The first kappa shape index (κ1) is 21.3. The van der Waals surface area contributed by atoms with Gasteiger partial charge in [-0.25, -0.2) is 0 Å². The fourth-order valence-electron chi connectivity index (χ4n) is 4.29. The van der Waals surface area contributed by atoms with Gasteiger partial charge in [-0.15, -0.1) is 0 Å². The van der Waals surface area contributed by atoms with Crippen LogP contribution in [0, 0.1) is 0 Å². The van der Waals surface area contributed by atoms with Gasteiger partial charge in [-0.05, 0) is 66.8 Å². The lowest BCUT2D eigenvalue weighted by atomic mass is 10.0. The minimum Gasteiger partial charge on any atom is -0.506 e. The summed E-state index contributed by atoms with van der Waals surface area (Å²) in [5.74, 6) is 0.834. The van der Waals surface area contributed by atoms with Gasteiger partial charge in [0, 0.05) is 23.1 Å². The Labute approximate surface area is 202 Å². The number of aromatic hydroxyl groups is 1. The van der Waals surface area contributed by atoms with Gasteiger partial charge in [-0.1, -0.05) is 29.8 Å². The summed E-state index contributed by atoms with van der Waals surface area (Å²) < 4.78 is 7.69. The number of rotatable bonds is 5. The van der Waals surface area contributed by atoms with E-state index in [0.29, 0.717) is 15.8 Å². The highest BCUT2D eigenvalue weighted by molar-refractivity contribution is 7.80. The molecule has 33 heavy (non-hydrogen) atoms. The largest absolute Gasteiger partial charge is 0.506 e. The van der Waals surface area contributed by atoms with Crippen LogP contribution in [-0.4, -0.2) is 26.9 Å². The number of hydrogen-bond donors (Lipinski definition) is 2. The fourth-order valence-corrected chi connectivity index (χ4v) is 4.79. The van der Waals surface area contributed by atoms with Crippen LogP contribution < -0.4 is 15.0 Å². The first-order valence-electron chi connectivity index (χ1n) is 10.4. The quantitative estimate of drug-likeness (QED) is 0.375. The van der Waals surface area contributed by atoms with Crippen LogP contribution in [0.1, 0.15) is 23.5 Å². The maximum Gasteiger partial charge on any atom is 0.174 e. The minimum absolute atomic E-state index is 0.0885. The molecule has 1 aliphatic rings. The number of phenolic OH excluding ortho intramolecular Hbond substituents is 1. The molecule has 0 radical (unpaired) electrons. The number of phenols is 1. The first-order valence-corrected chi connectivity index (χ1v) is 11.2. The third kappa shape index (κ3) is 3.79. The Balaban J connectivity index is 1.71. The van der Waals surface area contributed by atoms with E-state index in [2.05, 4.69) is 14.9 Å². The average molecular weight is 477 g/mol. The van der Waals surface area contributed by atoms with E-state index in [4.69, 9.17) is 28.6 Å². The van der Waals surface area contributed by atoms with Crippen molar-refractivity contribution in [3.05, 3.63) is 102 Å². The number of halogens is 1. The van der Waals surface area contributed by atoms with E-state index in [1.807, 2.05) is 65.7 Å². The summed E-state index contributed by atoms with van der Waals surface area (Å²) in [4.78, 5) is 6.49. The number of pyridine rings is 1. The Morgan fingerprint density at radius 3 is 2.64 bits per heavy atom. The summed E-state index contributed by atoms with van der Waals surface area (Å²) in [6.45, 7) is 0. The number of para-hydroxylation sites is 2. The number of aromatic nitrogens is 2. The van der Waals surface area contributed by atoms with E-state index in [1.165, 1.54) is 0 Å². The molecule has 8 heteroatoms. The van der Waals surface area contributed by atoms with Crippen molar-refractivity contribution in [2.24, 2.45) is 0 Å². The molecular weight excluding hydrogens is 456 g/mol. The molecule has 4 aromatic rings. The van der Waals surface area contributed by atoms with E-state index in [1.54, 1.807) is 31.5 Å². The second-order valence-corrected chi connectivity index (χ2v) is 8.43. The van der Waals surface area contributed by atoms with Crippen molar-refractivity contribution in [1.29, 1.82) is 0 Å². The lowest BCUT2D eigenvalue weighted by molar-refractivity contribution is 0.412. The van der Waals surface area contributed by atoms with Gasteiger partial charge in [0.1, 0.15) is 17.5 Å². The summed E-state index contributed by atoms with van der Waals surface area (Å²) in [7, 11) is 1.65. The Bertz CT molecular complexity index is 1310. The molecule has 2 N–H and O–H groups in total. The van der Waals surface area contributed by atoms with E-state index in [-0.39, 0.29) is 17.8 Å². The highest BCUT2D eigenvalue weighted by Gasteiger charge is 2.43. The second-order valence-electron chi connectivity index (χ2n) is 7.60. The van der Waals surface area contributed by atoms with Crippen molar-refractivity contribution in [2.45, 2.75) is 12.1 Å². The van der Waals surface area contributed by atoms with Crippen molar-refractivity contribution in [3.63, 3.8) is 0 Å². The molecule has 166 valence electrons. The molecule has 1 fully saturated rings. The molecular formula is C25H21ClN4O2S. The standard InChI is InChI=1S/C25H21ClN4O2S/c1-32-22-10-3-2-8-18(22)29-14-6-9-19(29)24-23(17-7-4-5-13-27-17)28-25(33)30(24)20-15-16(26)11-12-21(20)31/h2-15,23-24,31H,1H3,(H,28,33). The number of methoxy groups -OCH3 is 1. The van der Waals surface area contributed by atoms with Crippen molar-refractivity contribution >= 4 is 34.6 Å². The minimum atomic E-state index is -0.323. The van der Waals surface area contributed by atoms with Crippen LogP contribution in [0.15, 0.2) is 85.2 Å². The number of benzene rings is 2. The third-order valence-corrected chi connectivity index (χ3v) is 6.27. The molecule has 0 aliphatic carbocycles. The van der Waals surface area contributed by atoms with Gasteiger partial charge in [-0.3, -0.25) is 4.98 Å². The van der Waals surface area contributed by atoms with Gasteiger partial charge in [0.15, 0.2) is 5.11 Å². The summed E-state index contributed by atoms with van der Waals surface area (Å²) in [6, 6.07) is 22.0. The highest BCUT2D eigenvalue weighted by atomic mass is 35.5. The molecule has 1 saturated heterocycles. The molecule has 2 atom stereocenters. The van der Waals surface area contributed by atoms with E-state index >= 15 is 0 Å². The van der Waals surface area contributed by atoms with Gasteiger partial charge < -0.3 is 24.6 Å². The fraction of sp³-hybridized carbons (Fsp3) is 0.120. The van der Waals surface area contributed by atoms with Gasteiger partial charge >= 0.3 is 0 Å². The summed E-state index contributed by atoms with van der Waals surface area (Å²) in [5, 5.41) is 15.1. The Morgan fingerprint density at radius 2 is 1.85 bits per heavy atom. The Hall–Kier alpha value is -3.55. The van der Waals surface area contributed by atoms with Crippen LogP contribution in [0.3, 0.4) is 0 Å². The maximum absolute atomic E-state index is 10.7. The normalized spacial score (nSPS) is 17.8. The predicted octanol–water partition coefficient (Wildman–Crippen LogP) is 5.42. The molecule has 2 aromatic carbocycles. The van der Waals surface area contributed by atoms with Gasteiger partial charge in [0.25, 0.3) is 0 Å². The van der Waals surface area contributed by atoms with Crippen molar-refractivity contribution in [2.75, 3.05) is 12.0 Å². The number of ether oxygens (including phenoxy) is 1. The van der Waals surface area contributed by atoms with Crippen molar-refractivity contribution in [1.82, 2.24) is 14.9 Å².